The smallest absolute Gasteiger partial charge is 0.423 e. The highest BCUT2D eigenvalue weighted by Gasteiger charge is 2.23. The lowest BCUT2D eigenvalue weighted by Gasteiger charge is -2.13. The second-order valence-electron chi connectivity index (χ2n) is 3.31. The molecule has 0 bridgehead atoms. The summed E-state index contributed by atoms with van der Waals surface area (Å²) in [4.78, 5) is 0. The van der Waals surface area contributed by atoms with E-state index in [1.165, 1.54) is 6.07 Å². The van der Waals surface area contributed by atoms with Crippen molar-refractivity contribution in [3.8, 4) is 0 Å². The van der Waals surface area contributed by atoms with Crippen molar-refractivity contribution in [3.63, 3.8) is 0 Å². The van der Waals surface area contributed by atoms with Crippen LogP contribution in [0.5, 0.6) is 0 Å². The first-order valence-electron chi connectivity index (χ1n) is 4.60. The molecule has 86 valence electrons. The van der Waals surface area contributed by atoms with Crippen LogP contribution in [0, 0.1) is 0 Å². The molecule has 0 aliphatic rings. The van der Waals surface area contributed by atoms with Crippen molar-refractivity contribution in [2.24, 2.45) is 0 Å². The lowest BCUT2D eigenvalue weighted by Crippen LogP contribution is -2.42. The largest absolute Gasteiger partial charge is 0.488 e. The minimum Gasteiger partial charge on any atom is -0.423 e. The minimum absolute atomic E-state index is 0.0252. The fourth-order valence-corrected chi connectivity index (χ4v) is 1.48. The van der Waals surface area contributed by atoms with Gasteiger partial charge in [0.15, 0.2) is 0 Å². The van der Waals surface area contributed by atoms with E-state index in [1.54, 1.807) is 0 Å². The number of benzene rings is 1. The summed E-state index contributed by atoms with van der Waals surface area (Å²) in [5, 5.41) is 54.1. The van der Waals surface area contributed by atoms with Crippen LogP contribution in [0.15, 0.2) is 12.1 Å². The predicted octanol–water partition coefficient (Wildman–Crippen LogP) is -3.97. The van der Waals surface area contributed by atoms with E-state index < -0.39 is 27.5 Å². The van der Waals surface area contributed by atoms with Gasteiger partial charge in [-0.05, 0) is 22.1 Å². The third kappa shape index (κ3) is 2.62. The van der Waals surface area contributed by atoms with Crippen LogP contribution < -0.4 is 10.9 Å². The van der Waals surface area contributed by atoms with Gasteiger partial charge < -0.3 is 30.3 Å². The monoisotopic (exact) mass is 226 g/mol. The molecule has 1 aromatic carbocycles. The average Bonchev–Trinajstić information content (AvgIpc) is 2.26. The van der Waals surface area contributed by atoms with E-state index in [-0.39, 0.29) is 22.1 Å². The Bertz CT molecular complexity index is 337. The lowest BCUT2D eigenvalue weighted by atomic mass is 9.69. The highest BCUT2D eigenvalue weighted by molar-refractivity contribution is 6.63. The van der Waals surface area contributed by atoms with Gasteiger partial charge in [-0.25, -0.2) is 0 Å². The minimum atomic E-state index is -1.83. The molecule has 8 heteroatoms. The lowest BCUT2D eigenvalue weighted by molar-refractivity contribution is 0.275. The molecule has 0 amide bonds. The Morgan fingerprint density at radius 1 is 0.750 bits per heavy atom. The van der Waals surface area contributed by atoms with Crippen LogP contribution in [0.4, 0.5) is 0 Å². The standard InChI is InChI=1S/C8H12B2O6/c11-3-5-1-6(4-12)8(10(15)16)2-7(5)9(13)14/h1-2,11-16H,3-4H2. The molecule has 0 aliphatic carbocycles. The van der Waals surface area contributed by atoms with Gasteiger partial charge in [0.1, 0.15) is 0 Å². The summed E-state index contributed by atoms with van der Waals surface area (Å²) < 4.78 is 0. The van der Waals surface area contributed by atoms with Crippen LogP contribution in [0.1, 0.15) is 11.1 Å². The van der Waals surface area contributed by atoms with Crippen LogP contribution in [0.25, 0.3) is 0 Å². The molecule has 0 saturated carbocycles. The maximum Gasteiger partial charge on any atom is 0.488 e. The average molecular weight is 226 g/mol. The third-order valence-corrected chi connectivity index (χ3v) is 2.30. The Balaban J connectivity index is 3.35. The molecule has 6 nitrogen and oxygen atoms in total. The van der Waals surface area contributed by atoms with Gasteiger partial charge in [0.05, 0.1) is 13.2 Å². The van der Waals surface area contributed by atoms with Crippen LogP contribution in [-0.2, 0) is 13.2 Å². The zero-order chi connectivity index (χ0) is 12.3. The maximum absolute atomic E-state index is 9.02. The Morgan fingerprint density at radius 2 is 1.12 bits per heavy atom. The fraction of sp³-hybridized carbons (Fsp3) is 0.250. The first kappa shape index (κ1) is 13.2. The summed E-state index contributed by atoms with van der Waals surface area (Å²) in [7, 11) is -3.65. The molecule has 0 radical (unpaired) electrons. The Hall–Kier alpha value is -0.890. The SMILES string of the molecule is OCc1cc(CO)c(B(O)O)cc1B(O)O. The molecular weight excluding hydrogens is 214 g/mol. The summed E-state index contributed by atoms with van der Waals surface area (Å²) in [5.74, 6) is 0. The molecule has 0 unspecified atom stereocenters. The van der Waals surface area contributed by atoms with E-state index in [0.717, 1.165) is 6.07 Å². The molecule has 0 fully saturated rings. The number of hydrogen-bond acceptors (Lipinski definition) is 6. The molecule has 0 saturated heterocycles. The molecule has 0 aromatic heterocycles. The van der Waals surface area contributed by atoms with E-state index in [4.69, 9.17) is 30.3 Å². The molecule has 0 aliphatic heterocycles. The van der Waals surface area contributed by atoms with Crippen molar-refractivity contribution in [2.75, 3.05) is 0 Å². The third-order valence-electron chi connectivity index (χ3n) is 2.30. The Morgan fingerprint density at radius 3 is 1.38 bits per heavy atom. The van der Waals surface area contributed by atoms with Gasteiger partial charge in [-0.3, -0.25) is 0 Å². The van der Waals surface area contributed by atoms with Gasteiger partial charge in [-0.1, -0.05) is 12.1 Å². The number of aliphatic hydroxyl groups excluding tert-OH is 2. The molecule has 6 N–H and O–H groups in total. The van der Waals surface area contributed by atoms with Crippen molar-refractivity contribution in [1.82, 2.24) is 0 Å². The van der Waals surface area contributed by atoms with E-state index in [9.17, 15) is 0 Å². The van der Waals surface area contributed by atoms with Gasteiger partial charge >= 0.3 is 14.2 Å². The molecule has 16 heavy (non-hydrogen) atoms. The van der Waals surface area contributed by atoms with Crippen molar-refractivity contribution in [3.05, 3.63) is 23.3 Å². The van der Waals surface area contributed by atoms with E-state index in [0.29, 0.717) is 0 Å². The van der Waals surface area contributed by atoms with Crippen LogP contribution in [-0.4, -0.2) is 44.5 Å². The van der Waals surface area contributed by atoms with Gasteiger partial charge in [-0.15, -0.1) is 0 Å². The predicted molar refractivity (Wildman–Crippen MR) is 57.9 cm³/mol. The van der Waals surface area contributed by atoms with Gasteiger partial charge in [0, 0.05) is 0 Å². The second kappa shape index (κ2) is 5.44. The van der Waals surface area contributed by atoms with E-state index in [1.807, 2.05) is 0 Å². The number of rotatable bonds is 4. The summed E-state index contributed by atoms with van der Waals surface area (Å²) in [6.07, 6.45) is 0. The molecule has 0 atom stereocenters. The molecule has 0 heterocycles. The first-order valence-corrected chi connectivity index (χ1v) is 4.60. The van der Waals surface area contributed by atoms with Gasteiger partial charge in [-0.2, -0.15) is 0 Å². The molecule has 0 spiro atoms. The second-order valence-corrected chi connectivity index (χ2v) is 3.31. The molecule has 1 rings (SSSR count). The zero-order valence-electron chi connectivity index (χ0n) is 8.41. The highest BCUT2D eigenvalue weighted by Crippen LogP contribution is 2.03. The first-order chi connectivity index (χ1) is 7.51. The van der Waals surface area contributed by atoms with Crippen LogP contribution in [0.2, 0.25) is 0 Å². The Kier molecular flexibility index (Phi) is 4.48. The van der Waals surface area contributed by atoms with E-state index in [2.05, 4.69) is 0 Å². The normalized spacial score (nSPS) is 10.4. The topological polar surface area (TPSA) is 121 Å². The van der Waals surface area contributed by atoms with Crippen molar-refractivity contribution >= 4 is 25.2 Å². The zero-order valence-corrected chi connectivity index (χ0v) is 8.41. The summed E-state index contributed by atoms with van der Waals surface area (Å²) >= 11 is 0. The van der Waals surface area contributed by atoms with Crippen molar-refractivity contribution < 1.29 is 30.3 Å². The van der Waals surface area contributed by atoms with Crippen LogP contribution in [0.3, 0.4) is 0 Å². The maximum atomic E-state index is 9.02. The van der Waals surface area contributed by atoms with Crippen molar-refractivity contribution in [1.29, 1.82) is 0 Å². The summed E-state index contributed by atoms with van der Waals surface area (Å²) in [5.41, 5.74) is 0.373. The quantitative estimate of drug-likeness (QED) is 0.291. The van der Waals surface area contributed by atoms with Gasteiger partial charge in [0.25, 0.3) is 0 Å². The molecule has 1 aromatic rings. The van der Waals surface area contributed by atoms with Crippen LogP contribution >= 0.6 is 0 Å². The Labute approximate surface area is 92.7 Å². The summed E-state index contributed by atoms with van der Waals surface area (Å²) in [6.45, 7) is -0.885. The summed E-state index contributed by atoms with van der Waals surface area (Å²) in [6, 6.07) is 2.43. The number of aliphatic hydroxyl groups is 2. The van der Waals surface area contributed by atoms with E-state index >= 15 is 0 Å². The fourth-order valence-electron chi connectivity index (χ4n) is 1.48. The highest BCUT2D eigenvalue weighted by atomic mass is 16.4. The number of hydrogen-bond donors (Lipinski definition) is 6. The van der Waals surface area contributed by atoms with Gasteiger partial charge in [0.2, 0.25) is 0 Å². The van der Waals surface area contributed by atoms with Crippen molar-refractivity contribution in [2.45, 2.75) is 13.2 Å². The molecular formula is C8H12B2O6.